The average Bonchev–Trinajstić information content (AvgIpc) is 2.41. The third kappa shape index (κ3) is 3.80. The first-order valence-corrected chi connectivity index (χ1v) is 7.71. The van der Waals surface area contributed by atoms with E-state index < -0.39 is 0 Å². The Morgan fingerprint density at radius 2 is 1.90 bits per heavy atom. The highest BCUT2D eigenvalue weighted by atomic mass is 19.1. The Bertz CT molecular complexity index is 416. The van der Waals surface area contributed by atoms with E-state index in [1.165, 1.54) is 5.56 Å². The van der Waals surface area contributed by atoms with E-state index in [4.69, 9.17) is 0 Å². The molecule has 2 rings (SSSR count). The van der Waals surface area contributed by atoms with Crippen LogP contribution >= 0.6 is 0 Å². The van der Waals surface area contributed by atoms with Crippen LogP contribution in [0.3, 0.4) is 0 Å². The van der Waals surface area contributed by atoms with Gasteiger partial charge in [0.1, 0.15) is 5.82 Å². The molecule has 1 saturated heterocycles. The molecule has 1 aromatic carbocycles. The Labute approximate surface area is 122 Å². The summed E-state index contributed by atoms with van der Waals surface area (Å²) in [6.07, 6.45) is 0.982. The Hall–Kier alpha value is -0.930. The van der Waals surface area contributed by atoms with Crippen molar-refractivity contribution in [2.45, 2.75) is 52.2 Å². The van der Waals surface area contributed by atoms with E-state index in [-0.39, 0.29) is 5.82 Å². The van der Waals surface area contributed by atoms with Crippen molar-refractivity contribution in [1.29, 1.82) is 0 Å². The van der Waals surface area contributed by atoms with Gasteiger partial charge in [0.2, 0.25) is 0 Å². The molecule has 0 saturated carbocycles. The van der Waals surface area contributed by atoms with Gasteiger partial charge in [0.05, 0.1) is 0 Å². The van der Waals surface area contributed by atoms with E-state index in [0.29, 0.717) is 24.0 Å². The van der Waals surface area contributed by atoms with E-state index in [1.54, 1.807) is 12.1 Å². The van der Waals surface area contributed by atoms with Crippen molar-refractivity contribution in [2.75, 3.05) is 13.1 Å². The molecule has 1 aliphatic heterocycles. The van der Waals surface area contributed by atoms with E-state index in [0.717, 1.165) is 19.5 Å². The Kier molecular flexibility index (Phi) is 5.17. The zero-order valence-electron chi connectivity index (χ0n) is 13.1. The van der Waals surface area contributed by atoms with Gasteiger partial charge in [0.25, 0.3) is 0 Å². The number of piperazine rings is 1. The van der Waals surface area contributed by atoms with Crippen LogP contribution in [0.25, 0.3) is 0 Å². The quantitative estimate of drug-likeness (QED) is 0.910. The summed E-state index contributed by atoms with van der Waals surface area (Å²) in [4.78, 5) is 2.62. The number of halogens is 1. The standard InChI is InChI=1S/C17H27FN2/c1-12(2)17-10-19-13(3)11-20(17)14(4)9-15-5-7-16(18)8-6-15/h5-8,12-14,17,19H,9-11H2,1-4H3. The molecule has 2 nitrogen and oxygen atoms in total. The number of nitrogens with one attached hydrogen (secondary N) is 1. The minimum atomic E-state index is -0.155. The SMILES string of the molecule is CC1CN(C(C)Cc2ccc(F)cc2)C(C(C)C)CN1. The minimum absolute atomic E-state index is 0.155. The highest BCUT2D eigenvalue weighted by Crippen LogP contribution is 2.20. The van der Waals surface area contributed by atoms with E-state index in [1.807, 2.05) is 12.1 Å². The molecule has 0 radical (unpaired) electrons. The van der Waals surface area contributed by atoms with Crippen LogP contribution < -0.4 is 5.32 Å². The van der Waals surface area contributed by atoms with Gasteiger partial charge in [0, 0.05) is 31.2 Å². The number of hydrogen-bond donors (Lipinski definition) is 1. The summed E-state index contributed by atoms with van der Waals surface area (Å²) in [5.41, 5.74) is 1.22. The van der Waals surface area contributed by atoms with Crippen LogP contribution in [-0.2, 0) is 6.42 Å². The van der Waals surface area contributed by atoms with Gasteiger partial charge in [-0.2, -0.15) is 0 Å². The molecule has 3 atom stereocenters. The monoisotopic (exact) mass is 278 g/mol. The molecule has 0 aromatic heterocycles. The van der Waals surface area contributed by atoms with Crippen molar-refractivity contribution in [3.05, 3.63) is 35.6 Å². The van der Waals surface area contributed by atoms with Crippen molar-refractivity contribution < 1.29 is 4.39 Å². The second-order valence-electron chi connectivity index (χ2n) is 6.50. The number of nitrogens with zero attached hydrogens (tertiary/aromatic N) is 1. The maximum atomic E-state index is 13.0. The largest absolute Gasteiger partial charge is 0.311 e. The summed E-state index contributed by atoms with van der Waals surface area (Å²) in [5.74, 6) is 0.489. The predicted molar refractivity (Wildman–Crippen MR) is 82.4 cm³/mol. The van der Waals surface area contributed by atoms with Crippen LogP contribution in [0.4, 0.5) is 4.39 Å². The molecule has 20 heavy (non-hydrogen) atoms. The van der Waals surface area contributed by atoms with Gasteiger partial charge in [-0.3, -0.25) is 4.90 Å². The van der Waals surface area contributed by atoms with Gasteiger partial charge in [0.15, 0.2) is 0 Å². The summed E-state index contributed by atoms with van der Waals surface area (Å²) in [6, 6.07) is 8.54. The van der Waals surface area contributed by atoms with Gasteiger partial charge in [-0.25, -0.2) is 4.39 Å². The van der Waals surface area contributed by atoms with E-state index >= 15 is 0 Å². The lowest BCUT2D eigenvalue weighted by Gasteiger charge is -2.45. The maximum absolute atomic E-state index is 13.0. The Morgan fingerprint density at radius 3 is 2.50 bits per heavy atom. The molecule has 0 amide bonds. The maximum Gasteiger partial charge on any atom is 0.123 e. The molecule has 112 valence electrons. The fourth-order valence-electron chi connectivity index (χ4n) is 3.16. The van der Waals surface area contributed by atoms with Crippen LogP contribution in [0.1, 0.15) is 33.3 Å². The molecule has 0 spiro atoms. The molecule has 0 bridgehead atoms. The van der Waals surface area contributed by atoms with Gasteiger partial charge in [-0.05, 0) is 43.9 Å². The van der Waals surface area contributed by atoms with E-state index in [2.05, 4.69) is 37.9 Å². The van der Waals surface area contributed by atoms with Crippen molar-refractivity contribution in [2.24, 2.45) is 5.92 Å². The second kappa shape index (κ2) is 6.68. The van der Waals surface area contributed by atoms with Crippen molar-refractivity contribution in [3.8, 4) is 0 Å². The third-order valence-corrected chi connectivity index (χ3v) is 4.37. The van der Waals surface area contributed by atoms with Crippen molar-refractivity contribution in [3.63, 3.8) is 0 Å². The molecule has 1 aliphatic rings. The molecule has 0 aliphatic carbocycles. The predicted octanol–water partition coefficient (Wildman–Crippen LogP) is 3.08. The van der Waals surface area contributed by atoms with Gasteiger partial charge < -0.3 is 5.32 Å². The molecule has 3 unspecified atom stereocenters. The summed E-state index contributed by atoms with van der Waals surface area (Å²) in [6.45, 7) is 11.3. The average molecular weight is 278 g/mol. The molecule has 1 fully saturated rings. The second-order valence-corrected chi connectivity index (χ2v) is 6.50. The smallest absolute Gasteiger partial charge is 0.123 e. The van der Waals surface area contributed by atoms with Crippen LogP contribution in [0, 0.1) is 11.7 Å². The first kappa shape index (κ1) is 15.5. The van der Waals surface area contributed by atoms with Crippen LogP contribution in [0.15, 0.2) is 24.3 Å². The lowest BCUT2D eigenvalue weighted by atomic mass is 9.95. The summed E-state index contributed by atoms with van der Waals surface area (Å²) >= 11 is 0. The summed E-state index contributed by atoms with van der Waals surface area (Å²) < 4.78 is 13.0. The lowest BCUT2D eigenvalue weighted by Crippen LogP contribution is -2.60. The first-order chi connectivity index (χ1) is 9.47. The molecule has 1 N–H and O–H groups in total. The van der Waals surface area contributed by atoms with Crippen molar-refractivity contribution >= 4 is 0 Å². The minimum Gasteiger partial charge on any atom is -0.311 e. The summed E-state index contributed by atoms with van der Waals surface area (Å²) in [7, 11) is 0. The number of rotatable bonds is 4. The zero-order valence-corrected chi connectivity index (χ0v) is 13.1. The fraction of sp³-hybridized carbons (Fsp3) is 0.647. The van der Waals surface area contributed by atoms with Gasteiger partial charge in [-0.15, -0.1) is 0 Å². The van der Waals surface area contributed by atoms with Gasteiger partial charge in [-0.1, -0.05) is 26.0 Å². The lowest BCUT2D eigenvalue weighted by molar-refractivity contribution is 0.0661. The number of hydrogen-bond acceptors (Lipinski definition) is 2. The first-order valence-electron chi connectivity index (χ1n) is 7.71. The van der Waals surface area contributed by atoms with Crippen LogP contribution in [-0.4, -0.2) is 36.1 Å². The highest BCUT2D eigenvalue weighted by Gasteiger charge is 2.31. The zero-order chi connectivity index (χ0) is 14.7. The molecular formula is C17H27FN2. The number of benzene rings is 1. The Balaban J connectivity index is 2.04. The topological polar surface area (TPSA) is 15.3 Å². The molecular weight excluding hydrogens is 251 g/mol. The fourth-order valence-corrected chi connectivity index (χ4v) is 3.16. The Morgan fingerprint density at radius 1 is 1.25 bits per heavy atom. The van der Waals surface area contributed by atoms with Crippen LogP contribution in [0.2, 0.25) is 0 Å². The molecule has 1 aromatic rings. The van der Waals surface area contributed by atoms with Gasteiger partial charge >= 0.3 is 0 Å². The highest BCUT2D eigenvalue weighted by molar-refractivity contribution is 5.17. The van der Waals surface area contributed by atoms with Crippen LogP contribution in [0.5, 0.6) is 0 Å². The van der Waals surface area contributed by atoms with E-state index in [9.17, 15) is 4.39 Å². The summed E-state index contributed by atoms with van der Waals surface area (Å²) in [5, 5.41) is 3.58. The van der Waals surface area contributed by atoms with Crippen molar-refractivity contribution in [1.82, 2.24) is 10.2 Å². The third-order valence-electron chi connectivity index (χ3n) is 4.37. The molecule has 3 heteroatoms. The molecule has 1 heterocycles. The normalized spacial score (nSPS) is 25.9.